The fourth-order valence-electron chi connectivity index (χ4n) is 6.25. The van der Waals surface area contributed by atoms with Crippen LogP contribution < -0.4 is 15.5 Å². The zero-order chi connectivity index (χ0) is 26.4. The number of hydrogen-bond acceptors (Lipinski definition) is 4. The van der Waals surface area contributed by atoms with Crippen molar-refractivity contribution in [1.29, 1.82) is 0 Å². The fraction of sp³-hybridized carbons (Fsp3) is 0.345. The molecule has 2 bridgehead atoms. The van der Waals surface area contributed by atoms with Gasteiger partial charge in [0.1, 0.15) is 18.0 Å². The van der Waals surface area contributed by atoms with Gasteiger partial charge in [0.25, 0.3) is 11.8 Å². The molecule has 3 heterocycles. The van der Waals surface area contributed by atoms with Crippen LogP contribution in [0.15, 0.2) is 59.5 Å². The fourth-order valence-corrected chi connectivity index (χ4v) is 6.45. The zero-order valence-corrected chi connectivity index (χ0v) is 21.5. The maximum Gasteiger partial charge on any atom is 0.275 e. The number of rotatable bonds is 6. The van der Waals surface area contributed by atoms with Crippen molar-refractivity contribution in [3.8, 4) is 5.75 Å². The summed E-state index contributed by atoms with van der Waals surface area (Å²) in [5.74, 6) is -1.21. The first kappa shape index (κ1) is 24.7. The molecule has 2 aliphatic heterocycles. The molecular formula is C29H27ClFN3O4. The Morgan fingerprint density at radius 3 is 2.79 bits per heavy atom. The summed E-state index contributed by atoms with van der Waals surface area (Å²) in [7, 11) is 0. The van der Waals surface area contributed by atoms with Crippen molar-refractivity contribution in [2.45, 2.75) is 50.9 Å². The number of benzene rings is 2. The summed E-state index contributed by atoms with van der Waals surface area (Å²) in [5, 5.41) is 2.58. The molecule has 2 aromatic carbocycles. The molecule has 1 aliphatic carbocycles. The number of hydrogen-bond donors (Lipinski definition) is 1. The van der Waals surface area contributed by atoms with Gasteiger partial charge in [0.15, 0.2) is 11.4 Å². The third-order valence-electron chi connectivity index (χ3n) is 8.03. The van der Waals surface area contributed by atoms with Crippen molar-refractivity contribution in [2.75, 3.05) is 6.54 Å². The minimum atomic E-state index is -0.672. The van der Waals surface area contributed by atoms with Crippen molar-refractivity contribution in [3.63, 3.8) is 0 Å². The van der Waals surface area contributed by atoms with E-state index in [9.17, 15) is 18.8 Å². The first-order chi connectivity index (χ1) is 18.4. The Labute approximate surface area is 224 Å². The Morgan fingerprint density at radius 1 is 1.16 bits per heavy atom. The van der Waals surface area contributed by atoms with Crippen LogP contribution in [0.3, 0.4) is 0 Å². The van der Waals surface area contributed by atoms with Crippen LogP contribution in [0.4, 0.5) is 4.39 Å². The minimum absolute atomic E-state index is 0.0492. The van der Waals surface area contributed by atoms with Gasteiger partial charge >= 0.3 is 0 Å². The standard InChI is InChI=1S/C29H27ClFN3O4/c30-22-10-4-9-20(23(22)31)13-32-27(36)21-15-33-17-29-11-5-8-19(12-29)14-34(29)28(37)24(33)26(25(21)35)38-16-18-6-2-1-3-7-18/h1-4,6-7,9-10,15,19H,5,8,11-14,16-17H2,(H,32,36). The summed E-state index contributed by atoms with van der Waals surface area (Å²) in [5.41, 5.74) is 0.0877. The van der Waals surface area contributed by atoms with Gasteiger partial charge in [0.2, 0.25) is 5.43 Å². The van der Waals surface area contributed by atoms with Gasteiger partial charge in [-0.2, -0.15) is 0 Å². The van der Waals surface area contributed by atoms with Crippen LogP contribution in [-0.2, 0) is 19.7 Å². The van der Waals surface area contributed by atoms with E-state index in [1.165, 1.54) is 18.3 Å². The highest BCUT2D eigenvalue weighted by Gasteiger charge is 2.54. The second kappa shape index (κ2) is 9.58. The lowest BCUT2D eigenvalue weighted by Gasteiger charge is -2.44. The van der Waals surface area contributed by atoms with Crippen molar-refractivity contribution < 1.29 is 18.7 Å². The number of ether oxygens (including phenoxy) is 1. The normalized spacial score (nSPS) is 21.6. The predicted octanol–water partition coefficient (Wildman–Crippen LogP) is 4.55. The molecule has 2 amide bonds. The number of carbonyl (C=O) groups is 2. The highest BCUT2D eigenvalue weighted by atomic mass is 35.5. The van der Waals surface area contributed by atoms with Crippen molar-refractivity contribution >= 4 is 23.4 Å². The summed E-state index contributed by atoms with van der Waals surface area (Å²) in [6, 6.07) is 13.8. The molecule has 1 saturated carbocycles. The van der Waals surface area contributed by atoms with E-state index < -0.39 is 17.2 Å². The average molecular weight is 536 g/mol. The quantitative estimate of drug-likeness (QED) is 0.502. The lowest BCUT2D eigenvalue weighted by Crippen LogP contribution is -2.55. The third-order valence-corrected chi connectivity index (χ3v) is 8.32. The van der Waals surface area contributed by atoms with Crippen molar-refractivity contribution in [3.05, 3.63) is 98.2 Å². The second-order valence-electron chi connectivity index (χ2n) is 10.4. The molecule has 0 radical (unpaired) electrons. The Bertz CT molecular complexity index is 1490. The molecule has 1 saturated heterocycles. The van der Waals surface area contributed by atoms with E-state index in [2.05, 4.69) is 5.32 Å². The van der Waals surface area contributed by atoms with E-state index in [4.69, 9.17) is 16.3 Å². The molecule has 1 N–H and O–H groups in total. The molecule has 1 aromatic heterocycles. The highest BCUT2D eigenvalue weighted by molar-refractivity contribution is 6.30. The smallest absolute Gasteiger partial charge is 0.275 e. The van der Waals surface area contributed by atoms with Gasteiger partial charge in [0, 0.05) is 31.4 Å². The maximum atomic E-state index is 14.4. The number of nitrogens with one attached hydrogen (secondary N) is 1. The summed E-state index contributed by atoms with van der Waals surface area (Å²) < 4.78 is 22.1. The van der Waals surface area contributed by atoms with E-state index in [1.807, 2.05) is 35.2 Å². The third kappa shape index (κ3) is 4.17. The summed E-state index contributed by atoms with van der Waals surface area (Å²) in [4.78, 5) is 42.6. The van der Waals surface area contributed by atoms with Crippen molar-refractivity contribution in [2.24, 2.45) is 5.92 Å². The first-order valence-electron chi connectivity index (χ1n) is 12.8. The van der Waals surface area contributed by atoms with Crippen LogP contribution in [0.25, 0.3) is 0 Å². The molecule has 6 rings (SSSR count). The van der Waals surface area contributed by atoms with Crippen LogP contribution in [0.1, 0.15) is 57.7 Å². The Morgan fingerprint density at radius 2 is 1.97 bits per heavy atom. The van der Waals surface area contributed by atoms with Crippen LogP contribution in [-0.4, -0.2) is 33.4 Å². The van der Waals surface area contributed by atoms with E-state index >= 15 is 0 Å². The van der Waals surface area contributed by atoms with Gasteiger partial charge in [-0.3, -0.25) is 14.4 Å². The Hall–Kier alpha value is -3.65. The molecule has 38 heavy (non-hydrogen) atoms. The molecule has 3 aliphatic rings. The highest BCUT2D eigenvalue weighted by Crippen LogP contribution is 2.48. The topological polar surface area (TPSA) is 80.6 Å². The molecule has 1 spiro atoms. The number of nitrogens with zero attached hydrogens (tertiary/aromatic N) is 2. The molecule has 7 nitrogen and oxygen atoms in total. The first-order valence-corrected chi connectivity index (χ1v) is 13.2. The number of pyridine rings is 1. The van der Waals surface area contributed by atoms with Gasteiger partial charge in [-0.25, -0.2) is 4.39 Å². The molecule has 196 valence electrons. The van der Waals surface area contributed by atoms with Gasteiger partial charge in [-0.15, -0.1) is 0 Å². The van der Waals surface area contributed by atoms with Gasteiger partial charge in [-0.05, 0) is 36.8 Å². The van der Waals surface area contributed by atoms with Gasteiger partial charge in [0.05, 0.1) is 10.6 Å². The molecular weight excluding hydrogens is 509 g/mol. The average Bonchev–Trinajstić information content (AvgIpc) is 3.18. The van der Waals surface area contributed by atoms with E-state index in [0.29, 0.717) is 19.0 Å². The number of carbonyl (C=O) groups excluding carboxylic acids is 2. The van der Waals surface area contributed by atoms with Crippen LogP contribution in [0, 0.1) is 11.7 Å². The second-order valence-corrected chi connectivity index (χ2v) is 10.9. The number of halogens is 2. The number of amides is 2. The summed E-state index contributed by atoms with van der Waals surface area (Å²) >= 11 is 5.86. The predicted molar refractivity (Wildman–Crippen MR) is 140 cm³/mol. The number of aromatic nitrogens is 1. The monoisotopic (exact) mass is 535 g/mol. The van der Waals surface area contributed by atoms with Crippen LogP contribution >= 0.6 is 11.6 Å². The lowest BCUT2D eigenvalue weighted by atomic mass is 9.79. The van der Waals surface area contributed by atoms with Crippen LogP contribution in [0.5, 0.6) is 5.75 Å². The van der Waals surface area contributed by atoms with Crippen molar-refractivity contribution in [1.82, 2.24) is 14.8 Å². The lowest BCUT2D eigenvalue weighted by molar-refractivity contribution is 0.0416. The molecule has 2 fully saturated rings. The van der Waals surface area contributed by atoms with Gasteiger partial charge in [-0.1, -0.05) is 60.5 Å². The SMILES string of the molecule is O=C(NCc1cccc(Cl)c1F)c1cn2c(c(OCc3ccccc3)c1=O)C(=O)N1CC3CCCC1(C3)C2. The van der Waals surface area contributed by atoms with E-state index in [-0.39, 0.29) is 52.2 Å². The largest absolute Gasteiger partial charge is 0.483 e. The number of fused-ring (bicyclic) bond motifs is 2. The Balaban J connectivity index is 1.38. The maximum absolute atomic E-state index is 14.4. The molecule has 9 heteroatoms. The summed E-state index contributed by atoms with van der Waals surface area (Å²) in [6.07, 6.45) is 5.39. The van der Waals surface area contributed by atoms with E-state index in [1.54, 1.807) is 10.6 Å². The van der Waals surface area contributed by atoms with Crippen LogP contribution in [0.2, 0.25) is 5.02 Å². The van der Waals surface area contributed by atoms with E-state index in [0.717, 1.165) is 31.2 Å². The molecule has 2 atom stereocenters. The molecule has 2 unspecified atom stereocenters. The summed E-state index contributed by atoms with van der Waals surface area (Å²) in [6.45, 7) is 1.10. The minimum Gasteiger partial charge on any atom is -0.483 e. The Kier molecular flexibility index (Phi) is 6.22. The van der Waals surface area contributed by atoms with Gasteiger partial charge < -0.3 is 19.5 Å². The molecule has 3 aromatic rings. The zero-order valence-electron chi connectivity index (χ0n) is 20.7.